The van der Waals surface area contributed by atoms with Crippen LogP contribution in [0.25, 0.3) is 11.4 Å². The Morgan fingerprint density at radius 1 is 1.07 bits per heavy atom. The van der Waals surface area contributed by atoms with Crippen molar-refractivity contribution in [2.24, 2.45) is 5.73 Å². The molecule has 28 heavy (non-hydrogen) atoms. The number of aromatic nitrogens is 2. The highest BCUT2D eigenvalue weighted by atomic mass is 35.5. The number of rotatable bonds is 5. The Bertz CT molecular complexity index is 747. The van der Waals surface area contributed by atoms with E-state index in [1.807, 2.05) is 18.3 Å². The molecule has 0 amide bonds. The number of hydrogen-bond acceptors (Lipinski definition) is 5. The maximum atomic E-state index is 6.02. The molecule has 1 aromatic carbocycles. The van der Waals surface area contributed by atoms with Gasteiger partial charge in [-0.15, -0.1) is 24.8 Å². The lowest BCUT2D eigenvalue weighted by molar-refractivity contribution is 0.239. The highest BCUT2D eigenvalue weighted by molar-refractivity contribution is 5.85. The van der Waals surface area contributed by atoms with E-state index in [0.29, 0.717) is 12.0 Å². The van der Waals surface area contributed by atoms with Crippen molar-refractivity contribution in [3.05, 3.63) is 36.0 Å². The quantitative estimate of drug-likeness (QED) is 0.741. The Kier molecular flexibility index (Phi) is 9.48. The van der Waals surface area contributed by atoms with E-state index in [9.17, 15) is 0 Å². The van der Waals surface area contributed by atoms with Gasteiger partial charge in [0, 0.05) is 30.9 Å². The van der Waals surface area contributed by atoms with Gasteiger partial charge >= 0.3 is 0 Å². The second kappa shape index (κ2) is 10.8. The van der Waals surface area contributed by atoms with E-state index in [0.717, 1.165) is 48.9 Å². The van der Waals surface area contributed by atoms with E-state index >= 15 is 0 Å². The predicted molar refractivity (Wildman–Crippen MR) is 121 cm³/mol. The maximum absolute atomic E-state index is 6.02. The number of anilines is 1. The molecule has 0 radical (unpaired) electrons. The average molecular weight is 427 g/mol. The molecular formula is C21H32Cl2N4O. The van der Waals surface area contributed by atoms with Crippen LogP contribution in [-0.4, -0.2) is 35.2 Å². The highest BCUT2D eigenvalue weighted by Gasteiger charge is 2.18. The van der Waals surface area contributed by atoms with Gasteiger partial charge in [-0.2, -0.15) is 0 Å². The maximum Gasteiger partial charge on any atom is 0.161 e. The molecule has 2 N–H and O–H groups in total. The summed E-state index contributed by atoms with van der Waals surface area (Å²) in [4.78, 5) is 11.6. The molecule has 0 atom stereocenters. The number of hydrogen-bond donors (Lipinski definition) is 1. The van der Waals surface area contributed by atoms with Crippen molar-refractivity contribution in [1.29, 1.82) is 0 Å². The molecule has 5 nitrogen and oxygen atoms in total. The van der Waals surface area contributed by atoms with E-state index < -0.39 is 0 Å². The van der Waals surface area contributed by atoms with Gasteiger partial charge in [-0.25, -0.2) is 9.97 Å². The number of nitrogens with zero attached hydrogens (tertiary/aromatic N) is 3. The fourth-order valence-electron chi connectivity index (χ4n) is 3.29. The zero-order valence-electron chi connectivity index (χ0n) is 17.1. The zero-order valence-corrected chi connectivity index (χ0v) is 18.7. The lowest BCUT2D eigenvalue weighted by Crippen LogP contribution is -2.40. The van der Waals surface area contributed by atoms with E-state index in [-0.39, 0.29) is 30.9 Å². The van der Waals surface area contributed by atoms with Crippen LogP contribution in [-0.2, 0) is 0 Å². The second-order valence-corrected chi connectivity index (χ2v) is 7.64. The smallest absolute Gasteiger partial charge is 0.161 e. The van der Waals surface area contributed by atoms with Crippen molar-refractivity contribution in [1.82, 2.24) is 9.97 Å². The van der Waals surface area contributed by atoms with Gasteiger partial charge in [0.1, 0.15) is 11.6 Å². The topological polar surface area (TPSA) is 64.3 Å². The second-order valence-electron chi connectivity index (χ2n) is 7.64. The Hall–Kier alpha value is -1.56. The predicted octanol–water partition coefficient (Wildman–Crippen LogP) is 4.83. The molecule has 2 aromatic rings. The summed E-state index contributed by atoms with van der Waals surface area (Å²) in [6.07, 6.45) is 4.03. The molecule has 0 saturated carbocycles. The van der Waals surface area contributed by atoms with Gasteiger partial charge in [0.15, 0.2) is 5.82 Å². The standard InChI is InChI=1S/C21H30N4O.2ClH/c1-14(2)18-13-16(5-6-19(18)26-15(3)4)21-23-10-7-20(24-21)25-11-8-17(22)9-12-25;;/h5-7,10,13-15,17H,8-9,11-12,22H2,1-4H3;2*1H. The van der Waals surface area contributed by atoms with Gasteiger partial charge in [0.05, 0.1) is 6.10 Å². The fraction of sp³-hybridized carbons (Fsp3) is 0.524. The third kappa shape index (κ3) is 5.97. The molecule has 7 heteroatoms. The van der Waals surface area contributed by atoms with E-state index in [4.69, 9.17) is 15.5 Å². The third-order valence-corrected chi connectivity index (χ3v) is 4.76. The van der Waals surface area contributed by atoms with Crippen molar-refractivity contribution in [2.45, 2.75) is 58.6 Å². The minimum atomic E-state index is 0. The van der Waals surface area contributed by atoms with E-state index in [2.05, 4.69) is 49.7 Å². The molecule has 2 heterocycles. The van der Waals surface area contributed by atoms with Crippen LogP contribution in [0.5, 0.6) is 5.75 Å². The molecule has 1 saturated heterocycles. The molecule has 1 fully saturated rings. The van der Waals surface area contributed by atoms with Crippen LogP contribution in [0.3, 0.4) is 0 Å². The molecule has 0 bridgehead atoms. The van der Waals surface area contributed by atoms with Gasteiger partial charge in [0.2, 0.25) is 0 Å². The first kappa shape index (κ1) is 24.5. The molecule has 0 aliphatic carbocycles. The van der Waals surface area contributed by atoms with Gasteiger partial charge in [-0.05, 0) is 62.4 Å². The molecule has 0 spiro atoms. The van der Waals surface area contributed by atoms with Crippen LogP contribution in [0, 0.1) is 0 Å². The lowest BCUT2D eigenvalue weighted by Gasteiger charge is -2.31. The molecule has 156 valence electrons. The SMILES string of the molecule is CC(C)Oc1ccc(-c2nccc(N3CCC(N)CC3)n2)cc1C(C)C.Cl.Cl. The minimum Gasteiger partial charge on any atom is -0.491 e. The lowest BCUT2D eigenvalue weighted by atomic mass is 9.99. The van der Waals surface area contributed by atoms with Crippen LogP contribution in [0.15, 0.2) is 30.5 Å². The minimum absolute atomic E-state index is 0. The summed E-state index contributed by atoms with van der Waals surface area (Å²) >= 11 is 0. The van der Waals surface area contributed by atoms with Gasteiger partial charge in [-0.1, -0.05) is 13.8 Å². The Labute approximate surface area is 180 Å². The summed E-state index contributed by atoms with van der Waals surface area (Å²) < 4.78 is 5.97. The van der Waals surface area contributed by atoms with Crippen LogP contribution in [0.2, 0.25) is 0 Å². The van der Waals surface area contributed by atoms with Crippen molar-refractivity contribution in [3.63, 3.8) is 0 Å². The van der Waals surface area contributed by atoms with Gasteiger partial charge in [0.25, 0.3) is 0 Å². The molecule has 1 aliphatic heterocycles. The van der Waals surface area contributed by atoms with Crippen molar-refractivity contribution < 1.29 is 4.74 Å². The summed E-state index contributed by atoms with van der Waals surface area (Å²) in [5, 5.41) is 0. The fourth-order valence-corrected chi connectivity index (χ4v) is 3.29. The van der Waals surface area contributed by atoms with Crippen molar-refractivity contribution in [2.75, 3.05) is 18.0 Å². The summed E-state index contributed by atoms with van der Waals surface area (Å²) in [6, 6.07) is 8.55. The molecule has 1 aliphatic rings. The van der Waals surface area contributed by atoms with Gasteiger partial charge < -0.3 is 15.4 Å². The summed E-state index contributed by atoms with van der Waals surface area (Å²) in [5.74, 6) is 3.06. The molecule has 1 aromatic heterocycles. The van der Waals surface area contributed by atoms with Crippen LogP contribution < -0.4 is 15.4 Å². The Balaban J connectivity index is 0.00000196. The molecule has 3 rings (SSSR count). The Morgan fingerprint density at radius 3 is 2.36 bits per heavy atom. The summed E-state index contributed by atoms with van der Waals surface area (Å²) in [7, 11) is 0. The first-order valence-electron chi connectivity index (χ1n) is 9.58. The van der Waals surface area contributed by atoms with Gasteiger partial charge in [-0.3, -0.25) is 0 Å². The third-order valence-electron chi connectivity index (χ3n) is 4.76. The van der Waals surface area contributed by atoms with E-state index in [1.54, 1.807) is 0 Å². The van der Waals surface area contributed by atoms with Crippen LogP contribution in [0.4, 0.5) is 5.82 Å². The van der Waals surface area contributed by atoms with Crippen molar-refractivity contribution in [3.8, 4) is 17.1 Å². The molecular weight excluding hydrogens is 395 g/mol. The number of piperidine rings is 1. The highest BCUT2D eigenvalue weighted by Crippen LogP contribution is 2.31. The number of benzene rings is 1. The first-order chi connectivity index (χ1) is 12.4. The number of ether oxygens (including phenoxy) is 1. The zero-order chi connectivity index (χ0) is 18.7. The summed E-state index contributed by atoms with van der Waals surface area (Å²) in [6.45, 7) is 10.4. The van der Waals surface area contributed by atoms with Crippen molar-refractivity contribution >= 4 is 30.6 Å². The first-order valence-corrected chi connectivity index (χ1v) is 9.58. The van der Waals surface area contributed by atoms with Crippen LogP contribution in [0.1, 0.15) is 52.0 Å². The van der Waals surface area contributed by atoms with Crippen LogP contribution >= 0.6 is 24.8 Å². The number of nitrogens with two attached hydrogens (primary N) is 1. The Morgan fingerprint density at radius 2 is 1.75 bits per heavy atom. The largest absolute Gasteiger partial charge is 0.491 e. The normalized spacial score (nSPS) is 14.6. The number of halogens is 2. The summed E-state index contributed by atoms with van der Waals surface area (Å²) in [5.41, 5.74) is 8.24. The average Bonchev–Trinajstić information content (AvgIpc) is 2.62. The van der Waals surface area contributed by atoms with E-state index in [1.165, 1.54) is 5.56 Å². The monoisotopic (exact) mass is 426 g/mol. The molecule has 0 unspecified atom stereocenters.